The van der Waals surface area contributed by atoms with Crippen molar-refractivity contribution in [1.82, 2.24) is 0 Å². The van der Waals surface area contributed by atoms with E-state index in [0.29, 0.717) is 6.29 Å². The molecule has 0 amide bonds. The van der Waals surface area contributed by atoms with Crippen LogP contribution in [0.15, 0.2) is 18.2 Å². The molecule has 0 aliphatic rings. The molecule has 0 aliphatic heterocycles. The molecule has 0 radical (unpaired) electrons. The molecule has 1 N–H and O–H groups in total. The summed E-state index contributed by atoms with van der Waals surface area (Å²) in [5, 5.41) is 8.87. The van der Waals surface area contributed by atoms with Crippen molar-refractivity contribution < 1.29 is 23.8 Å². The minimum absolute atomic E-state index is 0.0613. The van der Waals surface area contributed by atoms with Crippen LogP contribution in [-0.4, -0.2) is 24.0 Å². The zero-order valence-electron chi connectivity index (χ0n) is 9.57. The lowest BCUT2D eigenvalue weighted by molar-refractivity contribution is -0.148. The predicted octanol–water partition coefficient (Wildman–Crippen LogP) is 2.13. The summed E-state index contributed by atoms with van der Waals surface area (Å²) in [7, 11) is 0. The summed E-state index contributed by atoms with van der Waals surface area (Å²) in [6, 6.07) is 3.93. The Morgan fingerprint density at radius 3 is 2.71 bits per heavy atom. The second-order valence-corrected chi connectivity index (χ2v) is 4.25. The molecule has 4 nitrogen and oxygen atoms in total. The summed E-state index contributed by atoms with van der Waals surface area (Å²) in [6.07, 6.45) is 0.464. The number of aliphatic carboxylic acids is 1. The molecule has 0 unspecified atom stereocenters. The highest BCUT2D eigenvalue weighted by Gasteiger charge is 2.28. The third-order valence-electron chi connectivity index (χ3n) is 2.28. The molecule has 0 atom stereocenters. The average molecular weight is 240 g/mol. The maximum absolute atomic E-state index is 13.4. The van der Waals surface area contributed by atoms with E-state index in [-0.39, 0.29) is 17.9 Å². The Balaban J connectivity index is 2.89. The van der Waals surface area contributed by atoms with Crippen LogP contribution in [0.5, 0.6) is 5.75 Å². The average Bonchev–Trinajstić information content (AvgIpc) is 2.26. The van der Waals surface area contributed by atoms with Crippen molar-refractivity contribution in [2.45, 2.75) is 13.8 Å². The van der Waals surface area contributed by atoms with E-state index in [1.807, 2.05) is 0 Å². The number of carbonyl (C=O) groups excluding carboxylic acids is 1. The topological polar surface area (TPSA) is 63.6 Å². The number of rotatable bonds is 5. The molecule has 1 aromatic rings. The molecule has 0 saturated heterocycles. The highest BCUT2D eigenvalue weighted by molar-refractivity contribution is 5.79. The van der Waals surface area contributed by atoms with E-state index >= 15 is 0 Å². The number of benzene rings is 1. The number of carboxylic acid groups (broad SMARTS) is 1. The number of carbonyl (C=O) groups is 2. The van der Waals surface area contributed by atoms with E-state index in [1.165, 1.54) is 26.0 Å². The smallest absolute Gasteiger partial charge is 0.312 e. The largest absolute Gasteiger partial charge is 0.489 e. The van der Waals surface area contributed by atoms with Crippen LogP contribution in [0.2, 0.25) is 0 Å². The molecule has 5 heteroatoms. The molecular weight excluding hydrogens is 227 g/mol. The van der Waals surface area contributed by atoms with Crippen molar-refractivity contribution in [3.63, 3.8) is 0 Å². The van der Waals surface area contributed by atoms with Gasteiger partial charge in [0.15, 0.2) is 17.9 Å². The van der Waals surface area contributed by atoms with E-state index in [0.717, 1.165) is 6.07 Å². The van der Waals surface area contributed by atoms with Crippen molar-refractivity contribution >= 4 is 12.3 Å². The van der Waals surface area contributed by atoms with Crippen molar-refractivity contribution in [2.24, 2.45) is 5.41 Å². The molecule has 0 bridgehead atoms. The fourth-order valence-corrected chi connectivity index (χ4v) is 1.08. The number of ether oxygens (including phenoxy) is 1. The van der Waals surface area contributed by atoms with Crippen LogP contribution in [0.25, 0.3) is 0 Å². The van der Waals surface area contributed by atoms with Crippen molar-refractivity contribution in [1.29, 1.82) is 0 Å². The Hall–Kier alpha value is -1.91. The van der Waals surface area contributed by atoms with Crippen LogP contribution in [0.3, 0.4) is 0 Å². The summed E-state index contributed by atoms with van der Waals surface area (Å²) < 4.78 is 18.5. The monoisotopic (exact) mass is 240 g/mol. The third kappa shape index (κ3) is 3.03. The van der Waals surface area contributed by atoms with E-state index in [9.17, 15) is 14.0 Å². The van der Waals surface area contributed by atoms with Gasteiger partial charge in [0, 0.05) is 0 Å². The molecule has 0 aromatic heterocycles. The first-order valence-electron chi connectivity index (χ1n) is 4.98. The lowest BCUT2D eigenvalue weighted by Crippen LogP contribution is -2.31. The van der Waals surface area contributed by atoms with Crippen molar-refractivity contribution in [3.05, 3.63) is 29.6 Å². The number of halogens is 1. The Labute approximate surface area is 98.0 Å². The van der Waals surface area contributed by atoms with Crippen LogP contribution < -0.4 is 4.74 Å². The van der Waals surface area contributed by atoms with Gasteiger partial charge in [-0.05, 0) is 26.0 Å². The van der Waals surface area contributed by atoms with Crippen LogP contribution >= 0.6 is 0 Å². The number of hydrogen-bond donors (Lipinski definition) is 1. The fourth-order valence-electron chi connectivity index (χ4n) is 1.08. The molecule has 17 heavy (non-hydrogen) atoms. The van der Waals surface area contributed by atoms with Gasteiger partial charge in [-0.15, -0.1) is 0 Å². The van der Waals surface area contributed by atoms with Crippen LogP contribution in [0.1, 0.15) is 24.2 Å². The van der Waals surface area contributed by atoms with Gasteiger partial charge in [0.1, 0.15) is 6.61 Å². The molecule has 1 aromatic carbocycles. The summed E-state index contributed by atoms with van der Waals surface area (Å²) in [6.45, 7) is 2.69. The number of carboxylic acids is 1. The first kappa shape index (κ1) is 13.2. The fraction of sp³-hybridized carbons (Fsp3) is 0.333. The Morgan fingerprint density at radius 2 is 2.18 bits per heavy atom. The van der Waals surface area contributed by atoms with Gasteiger partial charge >= 0.3 is 5.97 Å². The standard InChI is InChI=1S/C12H13FO4/c1-12(2,11(15)16)7-17-10-8(6-14)4-3-5-9(10)13/h3-6H,7H2,1-2H3,(H,15,16). The normalized spacial score (nSPS) is 11.0. The van der Waals surface area contributed by atoms with Gasteiger partial charge in [-0.3, -0.25) is 9.59 Å². The summed E-state index contributed by atoms with van der Waals surface area (Å²) in [5.41, 5.74) is -1.09. The van der Waals surface area contributed by atoms with Gasteiger partial charge in [0.2, 0.25) is 0 Å². The molecule has 0 spiro atoms. The Morgan fingerprint density at radius 1 is 1.53 bits per heavy atom. The van der Waals surface area contributed by atoms with Gasteiger partial charge in [-0.2, -0.15) is 0 Å². The van der Waals surface area contributed by atoms with Crippen molar-refractivity contribution in [3.8, 4) is 5.75 Å². The molecule has 0 aliphatic carbocycles. The van der Waals surface area contributed by atoms with Crippen LogP contribution in [-0.2, 0) is 4.79 Å². The van der Waals surface area contributed by atoms with E-state index in [4.69, 9.17) is 9.84 Å². The summed E-state index contributed by atoms with van der Waals surface area (Å²) in [4.78, 5) is 21.5. The first-order chi connectivity index (χ1) is 7.88. The second kappa shape index (κ2) is 4.95. The number of aldehydes is 1. The van der Waals surface area contributed by atoms with Gasteiger partial charge < -0.3 is 9.84 Å². The minimum atomic E-state index is -1.15. The quantitative estimate of drug-likeness (QED) is 0.801. The SMILES string of the molecule is CC(C)(COc1c(F)cccc1C=O)C(=O)O. The number of hydrogen-bond acceptors (Lipinski definition) is 3. The Kier molecular flexibility index (Phi) is 3.83. The second-order valence-electron chi connectivity index (χ2n) is 4.25. The van der Waals surface area contributed by atoms with Crippen molar-refractivity contribution in [2.75, 3.05) is 6.61 Å². The molecule has 1 rings (SSSR count). The van der Waals surface area contributed by atoms with Gasteiger partial charge in [-0.25, -0.2) is 4.39 Å². The molecule has 92 valence electrons. The zero-order chi connectivity index (χ0) is 13.1. The van der Waals surface area contributed by atoms with Gasteiger partial charge in [0.05, 0.1) is 11.0 Å². The Bertz CT molecular complexity index is 440. The predicted molar refractivity (Wildman–Crippen MR) is 58.7 cm³/mol. The minimum Gasteiger partial charge on any atom is -0.489 e. The lowest BCUT2D eigenvalue weighted by Gasteiger charge is -2.20. The third-order valence-corrected chi connectivity index (χ3v) is 2.28. The zero-order valence-corrected chi connectivity index (χ0v) is 9.57. The maximum Gasteiger partial charge on any atom is 0.312 e. The van der Waals surface area contributed by atoms with Crippen LogP contribution in [0.4, 0.5) is 4.39 Å². The highest BCUT2D eigenvalue weighted by atomic mass is 19.1. The summed E-state index contributed by atoms with van der Waals surface area (Å²) in [5.74, 6) is -1.95. The van der Waals surface area contributed by atoms with E-state index in [2.05, 4.69) is 0 Å². The molecule has 0 heterocycles. The molecular formula is C12H13FO4. The van der Waals surface area contributed by atoms with E-state index in [1.54, 1.807) is 0 Å². The number of para-hydroxylation sites is 1. The highest BCUT2D eigenvalue weighted by Crippen LogP contribution is 2.24. The first-order valence-corrected chi connectivity index (χ1v) is 4.98. The van der Waals surface area contributed by atoms with Gasteiger partial charge in [-0.1, -0.05) is 6.07 Å². The molecule has 0 fully saturated rings. The lowest BCUT2D eigenvalue weighted by atomic mass is 9.95. The maximum atomic E-state index is 13.4. The van der Waals surface area contributed by atoms with E-state index < -0.39 is 17.2 Å². The molecule has 0 saturated carbocycles. The summed E-state index contributed by atoms with van der Waals surface area (Å²) >= 11 is 0. The van der Waals surface area contributed by atoms with Gasteiger partial charge in [0.25, 0.3) is 0 Å². The van der Waals surface area contributed by atoms with Crippen LogP contribution in [0, 0.1) is 11.2 Å².